The van der Waals surface area contributed by atoms with E-state index in [-0.39, 0.29) is 11.2 Å². The smallest absolute Gasteiger partial charge is 0.406 e. The Morgan fingerprint density at radius 2 is 1.64 bits per heavy atom. The highest BCUT2D eigenvalue weighted by molar-refractivity contribution is 6.58. The summed E-state index contributed by atoms with van der Waals surface area (Å²) in [6.07, 6.45) is 8.33. The minimum Gasteiger partial charge on any atom is -0.406 e. The second-order valence-corrected chi connectivity index (χ2v) is 12.5. The Morgan fingerprint density at radius 3 is 2.21 bits per heavy atom. The first-order valence-electron chi connectivity index (χ1n) is 11.3. The topological polar surface area (TPSA) is 9.23 Å². The molecule has 2 aliphatic rings. The van der Waals surface area contributed by atoms with E-state index in [0.29, 0.717) is 5.92 Å². The molecule has 1 aliphatic heterocycles. The van der Waals surface area contributed by atoms with Gasteiger partial charge in [-0.3, -0.25) is 0 Å². The summed E-state index contributed by atoms with van der Waals surface area (Å²) < 4.78 is 41.6. The molecule has 2 fully saturated rings. The van der Waals surface area contributed by atoms with Crippen molar-refractivity contribution in [2.45, 2.75) is 101 Å². The summed E-state index contributed by atoms with van der Waals surface area (Å²) in [7, 11) is -0.552. The van der Waals surface area contributed by atoms with Gasteiger partial charge in [0.2, 0.25) is 0 Å². The number of ether oxygens (including phenoxy) is 1. The molecular formula is C23H35F3OSi. The molecule has 1 aliphatic carbocycles. The van der Waals surface area contributed by atoms with Crippen LogP contribution in [0.1, 0.15) is 76.7 Å². The zero-order valence-corrected chi connectivity index (χ0v) is 18.4. The van der Waals surface area contributed by atoms with Gasteiger partial charge >= 0.3 is 6.36 Å². The minimum absolute atomic E-state index is 0.103. The van der Waals surface area contributed by atoms with Crippen molar-refractivity contribution in [2.24, 2.45) is 5.92 Å². The maximum Gasteiger partial charge on any atom is 0.573 e. The SMILES string of the molecule is CCCCC[SiH]1CCC(C2(c3ccc(OC(F)(F)F)cc3)CCCCC2)CC1. The van der Waals surface area contributed by atoms with Crippen LogP contribution in [0.15, 0.2) is 24.3 Å². The van der Waals surface area contributed by atoms with Crippen LogP contribution in [0.5, 0.6) is 5.75 Å². The van der Waals surface area contributed by atoms with Gasteiger partial charge in [-0.05, 0) is 41.9 Å². The van der Waals surface area contributed by atoms with Gasteiger partial charge in [-0.1, -0.05) is 88.6 Å². The molecule has 5 heteroatoms. The maximum atomic E-state index is 12.5. The molecule has 1 saturated heterocycles. The number of rotatable bonds is 7. The average molecular weight is 413 g/mol. The Morgan fingerprint density at radius 1 is 1.00 bits per heavy atom. The van der Waals surface area contributed by atoms with Gasteiger partial charge in [0, 0.05) is 8.80 Å². The van der Waals surface area contributed by atoms with E-state index < -0.39 is 15.2 Å². The normalized spacial score (nSPS) is 25.4. The molecule has 0 spiro atoms. The van der Waals surface area contributed by atoms with Crippen LogP contribution in [-0.2, 0) is 5.41 Å². The molecule has 1 nitrogen and oxygen atoms in total. The molecule has 0 amide bonds. The summed E-state index contributed by atoms with van der Waals surface area (Å²) in [5, 5.41) is 0. The van der Waals surface area contributed by atoms with Crippen molar-refractivity contribution in [2.75, 3.05) is 0 Å². The molecule has 0 bridgehead atoms. The largest absolute Gasteiger partial charge is 0.573 e. The Bertz CT molecular complexity index is 585. The van der Waals surface area contributed by atoms with Crippen molar-refractivity contribution >= 4 is 8.80 Å². The van der Waals surface area contributed by atoms with Crippen molar-refractivity contribution in [3.05, 3.63) is 29.8 Å². The molecule has 0 radical (unpaired) electrons. The molecular weight excluding hydrogens is 377 g/mol. The van der Waals surface area contributed by atoms with E-state index in [4.69, 9.17) is 0 Å². The van der Waals surface area contributed by atoms with Crippen LogP contribution in [0.3, 0.4) is 0 Å². The lowest BCUT2D eigenvalue weighted by molar-refractivity contribution is -0.274. The van der Waals surface area contributed by atoms with Crippen LogP contribution < -0.4 is 4.74 Å². The van der Waals surface area contributed by atoms with Crippen molar-refractivity contribution in [3.63, 3.8) is 0 Å². The van der Waals surface area contributed by atoms with Gasteiger partial charge < -0.3 is 4.74 Å². The predicted molar refractivity (Wildman–Crippen MR) is 112 cm³/mol. The summed E-state index contributed by atoms with van der Waals surface area (Å²) in [5.41, 5.74) is 1.43. The monoisotopic (exact) mass is 412 g/mol. The van der Waals surface area contributed by atoms with Gasteiger partial charge in [-0.25, -0.2) is 0 Å². The Kier molecular flexibility index (Phi) is 7.52. The molecule has 158 valence electrons. The highest BCUT2D eigenvalue weighted by atomic mass is 28.3. The molecule has 3 rings (SSSR count). The van der Waals surface area contributed by atoms with Gasteiger partial charge in [0.1, 0.15) is 5.75 Å². The van der Waals surface area contributed by atoms with E-state index in [1.54, 1.807) is 0 Å². The fourth-order valence-corrected chi connectivity index (χ4v) is 9.27. The number of hydrogen-bond donors (Lipinski definition) is 0. The predicted octanol–water partition coefficient (Wildman–Crippen LogP) is 7.61. The van der Waals surface area contributed by atoms with Crippen LogP contribution in [0, 0.1) is 5.92 Å². The van der Waals surface area contributed by atoms with Crippen molar-refractivity contribution in [1.82, 2.24) is 0 Å². The number of alkyl halides is 3. The fourth-order valence-electron chi connectivity index (χ4n) is 5.79. The molecule has 1 aromatic carbocycles. The zero-order valence-electron chi connectivity index (χ0n) is 17.2. The molecule has 0 N–H and O–H groups in total. The first-order chi connectivity index (χ1) is 13.4. The van der Waals surface area contributed by atoms with E-state index in [1.807, 2.05) is 12.1 Å². The lowest BCUT2D eigenvalue weighted by Gasteiger charge is -2.47. The number of unbranched alkanes of at least 4 members (excludes halogenated alkanes) is 2. The van der Waals surface area contributed by atoms with E-state index >= 15 is 0 Å². The second kappa shape index (κ2) is 9.68. The summed E-state index contributed by atoms with van der Waals surface area (Å²) >= 11 is 0. The van der Waals surface area contributed by atoms with Crippen molar-refractivity contribution in [1.29, 1.82) is 0 Å². The second-order valence-electron chi connectivity index (χ2n) is 9.00. The first kappa shape index (κ1) is 21.7. The van der Waals surface area contributed by atoms with E-state index in [2.05, 4.69) is 11.7 Å². The average Bonchev–Trinajstić information content (AvgIpc) is 2.69. The summed E-state index contributed by atoms with van der Waals surface area (Å²) in [4.78, 5) is 0. The Balaban J connectivity index is 1.69. The van der Waals surface area contributed by atoms with Crippen molar-refractivity contribution < 1.29 is 17.9 Å². The van der Waals surface area contributed by atoms with Crippen molar-refractivity contribution in [3.8, 4) is 5.75 Å². The van der Waals surface area contributed by atoms with Crippen LogP contribution in [0.25, 0.3) is 0 Å². The molecule has 28 heavy (non-hydrogen) atoms. The van der Waals surface area contributed by atoms with Crippen LogP contribution in [0.2, 0.25) is 18.1 Å². The molecule has 0 aromatic heterocycles. The Labute approximate surface area is 169 Å². The molecule has 1 saturated carbocycles. The lowest BCUT2D eigenvalue weighted by atomic mass is 9.60. The maximum absolute atomic E-state index is 12.5. The third kappa shape index (κ3) is 5.55. The molecule has 0 unspecified atom stereocenters. The van der Waals surface area contributed by atoms with Gasteiger partial charge in [0.05, 0.1) is 0 Å². The molecule has 1 aromatic rings. The van der Waals surface area contributed by atoms with Gasteiger partial charge in [0.15, 0.2) is 0 Å². The minimum atomic E-state index is -4.62. The molecule has 1 heterocycles. The van der Waals surface area contributed by atoms with E-state index in [1.165, 1.54) is 100 Å². The lowest BCUT2D eigenvalue weighted by Crippen LogP contribution is -2.40. The number of benzene rings is 1. The summed E-state index contributed by atoms with van der Waals surface area (Å²) in [6.45, 7) is 2.27. The highest BCUT2D eigenvalue weighted by Crippen LogP contribution is 2.51. The third-order valence-electron chi connectivity index (χ3n) is 7.25. The summed E-state index contributed by atoms with van der Waals surface area (Å²) in [6, 6.07) is 11.3. The molecule has 0 atom stereocenters. The highest BCUT2D eigenvalue weighted by Gasteiger charge is 2.42. The number of halogens is 3. The Hall–Kier alpha value is -0.973. The number of hydrogen-bond acceptors (Lipinski definition) is 1. The summed E-state index contributed by atoms with van der Waals surface area (Å²) in [5.74, 6) is 0.603. The van der Waals surface area contributed by atoms with Gasteiger partial charge in [-0.2, -0.15) is 0 Å². The zero-order chi connectivity index (χ0) is 20.0. The van der Waals surface area contributed by atoms with Gasteiger partial charge in [0.25, 0.3) is 0 Å². The van der Waals surface area contributed by atoms with Crippen LogP contribution in [-0.4, -0.2) is 15.2 Å². The van der Waals surface area contributed by atoms with E-state index in [0.717, 1.165) is 0 Å². The van der Waals surface area contributed by atoms with Crippen LogP contribution in [0.4, 0.5) is 13.2 Å². The fraction of sp³-hybridized carbons (Fsp3) is 0.739. The van der Waals surface area contributed by atoms with E-state index in [9.17, 15) is 13.2 Å². The van der Waals surface area contributed by atoms with Crippen LogP contribution >= 0.6 is 0 Å². The first-order valence-corrected chi connectivity index (χ1v) is 13.7. The van der Waals surface area contributed by atoms with Gasteiger partial charge in [-0.15, -0.1) is 13.2 Å². The third-order valence-corrected chi connectivity index (χ3v) is 10.8. The quantitative estimate of drug-likeness (QED) is 0.331. The standard InChI is InChI=1S/C23H35F3OSi/c1-2-3-7-16-28-17-12-20(13-18-28)22(14-5-4-6-15-22)19-8-10-21(11-9-19)27-23(24,25)26/h8-11,20,28H,2-7,12-18H2,1H3.